The first-order valence-electron chi connectivity index (χ1n) is 9.43. The van der Waals surface area contributed by atoms with Gasteiger partial charge in [0.15, 0.2) is 0 Å². The van der Waals surface area contributed by atoms with Crippen molar-refractivity contribution in [1.29, 1.82) is 0 Å². The Labute approximate surface area is 166 Å². The molecule has 0 spiro atoms. The molecular weight excluding hydrogens is 388 g/mol. The van der Waals surface area contributed by atoms with Crippen molar-refractivity contribution in [3.63, 3.8) is 0 Å². The molecule has 0 bridgehead atoms. The van der Waals surface area contributed by atoms with E-state index in [2.05, 4.69) is 9.64 Å². The summed E-state index contributed by atoms with van der Waals surface area (Å²) in [6.07, 6.45) is -3.17. The molecule has 8 heteroatoms. The lowest BCUT2D eigenvalue weighted by Gasteiger charge is -2.23. The summed E-state index contributed by atoms with van der Waals surface area (Å²) in [7, 11) is 0. The quantitative estimate of drug-likeness (QED) is 0.686. The van der Waals surface area contributed by atoms with Gasteiger partial charge in [0.2, 0.25) is 5.91 Å². The molecule has 1 heterocycles. The Morgan fingerprint density at radius 1 is 0.931 bits per heavy atom. The van der Waals surface area contributed by atoms with Crippen LogP contribution in [0.15, 0.2) is 48.5 Å². The van der Waals surface area contributed by atoms with E-state index in [1.807, 2.05) is 4.90 Å². The van der Waals surface area contributed by atoms with Crippen LogP contribution in [0.25, 0.3) is 0 Å². The second-order valence-electron chi connectivity index (χ2n) is 6.89. The zero-order valence-electron chi connectivity index (χ0n) is 15.8. The minimum Gasteiger partial charge on any atom is -0.406 e. The van der Waals surface area contributed by atoms with Gasteiger partial charge < -0.3 is 14.5 Å². The summed E-state index contributed by atoms with van der Waals surface area (Å²) in [5.41, 5.74) is 1.71. The number of aryl methyl sites for hydroxylation is 1. The summed E-state index contributed by atoms with van der Waals surface area (Å²) in [5, 5.41) is 0. The molecule has 1 fully saturated rings. The zero-order chi connectivity index (χ0) is 20.9. The molecule has 156 valence electrons. The highest BCUT2D eigenvalue weighted by Crippen LogP contribution is 2.23. The molecule has 1 aliphatic rings. The Hall–Kier alpha value is -2.77. The molecule has 0 unspecified atom stereocenters. The Morgan fingerprint density at radius 3 is 2.28 bits per heavy atom. The summed E-state index contributed by atoms with van der Waals surface area (Å²) in [6.45, 7) is 2.68. The third kappa shape index (κ3) is 6.37. The molecule has 0 N–H and O–H groups in total. The van der Waals surface area contributed by atoms with E-state index >= 15 is 0 Å². The molecule has 4 nitrogen and oxygen atoms in total. The maximum atomic E-state index is 13.1. The van der Waals surface area contributed by atoms with Gasteiger partial charge in [-0.2, -0.15) is 0 Å². The van der Waals surface area contributed by atoms with Gasteiger partial charge in [0.05, 0.1) is 0 Å². The molecule has 0 saturated carbocycles. The normalized spacial score (nSPS) is 15.2. The number of alkyl halides is 3. The summed E-state index contributed by atoms with van der Waals surface area (Å²) in [6, 6.07) is 11.9. The van der Waals surface area contributed by atoms with Crippen molar-refractivity contribution in [2.45, 2.75) is 25.6 Å². The van der Waals surface area contributed by atoms with Crippen molar-refractivity contribution >= 4 is 11.6 Å². The van der Waals surface area contributed by atoms with Gasteiger partial charge in [-0.15, -0.1) is 13.2 Å². The molecule has 1 saturated heterocycles. The molecular formula is C21H22F4N2O2. The number of rotatable bonds is 5. The maximum Gasteiger partial charge on any atom is 0.573 e. The van der Waals surface area contributed by atoms with E-state index in [1.54, 1.807) is 12.1 Å². The summed E-state index contributed by atoms with van der Waals surface area (Å²) < 4.78 is 53.5. The molecule has 1 amide bonds. The second kappa shape index (κ2) is 9.15. The van der Waals surface area contributed by atoms with Gasteiger partial charge in [-0.25, -0.2) is 4.39 Å². The van der Waals surface area contributed by atoms with Crippen LogP contribution < -0.4 is 9.64 Å². The molecule has 29 heavy (non-hydrogen) atoms. The van der Waals surface area contributed by atoms with Crippen LogP contribution in [-0.4, -0.2) is 43.3 Å². The molecule has 0 atom stereocenters. The fourth-order valence-corrected chi connectivity index (χ4v) is 3.34. The average molecular weight is 410 g/mol. The Morgan fingerprint density at radius 2 is 1.62 bits per heavy atom. The lowest BCUT2D eigenvalue weighted by Crippen LogP contribution is -2.35. The SMILES string of the molecule is O=C(CCc1ccc(OC(F)(F)F)cc1)N1CCCN(c2ccc(F)cc2)CC1. The number of anilines is 1. The van der Waals surface area contributed by atoms with Crippen molar-refractivity contribution in [2.75, 3.05) is 31.1 Å². The van der Waals surface area contributed by atoms with Gasteiger partial charge in [0, 0.05) is 38.3 Å². The third-order valence-electron chi connectivity index (χ3n) is 4.82. The van der Waals surface area contributed by atoms with Gasteiger partial charge in [-0.05, 0) is 54.8 Å². The van der Waals surface area contributed by atoms with Gasteiger partial charge >= 0.3 is 6.36 Å². The maximum absolute atomic E-state index is 13.1. The largest absolute Gasteiger partial charge is 0.573 e. The number of benzene rings is 2. The number of carbonyl (C=O) groups excluding carboxylic acids is 1. The zero-order valence-corrected chi connectivity index (χ0v) is 15.8. The highest BCUT2D eigenvalue weighted by Gasteiger charge is 2.31. The van der Waals surface area contributed by atoms with E-state index in [0.29, 0.717) is 26.1 Å². The van der Waals surface area contributed by atoms with Crippen LogP contribution in [0.3, 0.4) is 0 Å². The Kier molecular flexibility index (Phi) is 6.61. The lowest BCUT2D eigenvalue weighted by molar-refractivity contribution is -0.274. The average Bonchev–Trinajstić information content (AvgIpc) is 2.93. The topological polar surface area (TPSA) is 32.8 Å². The standard InChI is InChI=1S/C21H22F4N2O2/c22-17-5-7-18(8-6-17)26-12-1-13-27(15-14-26)20(28)11-4-16-2-9-19(10-3-16)29-21(23,24)25/h2-3,5-10H,1,4,11-15H2. The first-order chi connectivity index (χ1) is 13.8. The third-order valence-corrected chi connectivity index (χ3v) is 4.82. The number of carbonyl (C=O) groups is 1. The number of nitrogens with zero attached hydrogens (tertiary/aromatic N) is 2. The van der Waals surface area contributed by atoms with Crippen LogP contribution in [0.2, 0.25) is 0 Å². The van der Waals surface area contributed by atoms with Crippen LogP contribution in [0.1, 0.15) is 18.4 Å². The molecule has 0 aromatic heterocycles. The molecule has 2 aromatic carbocycles. The highest BCUT2D eigenvalue weighted by atomic mass is 19.4. The predicted octanol–water partition coefficient (Wildman–Crippen LogP) is 4.40. The van der Waals surface area contributed by atoms with Gasteiger partial charge in [0.1, 0.15) is 11.6 Å². The van der Waals surface area contributed by atoms with E-state index in [0.717, 1.165) is 24.2 Å². The monoisotopic (exact) mass is 410 g/mol. The number of amides is 1. The van der Waals surface area contributed by atoms with E-state index < -0.39 is 6.36 Å². The van der Waals surface area contributed by atoms with E-state index in [9.17, 15) is 22.4 Å². The van der Waals surface area contributed by atoms with Crippen molar-refractivity contribution in [3.8, 4) is 5.75 Å². The molecule has 0 aliphatic carbocycles. The van der Waals surface area contributed by atoms with Crippen molar-refractivity contribution in [1.82, 2.24) is 4.90 Å². The minimum atomic E-state index is -4.72. The fraction of sp³-hybridized carbons (Fsp3) is 0.381. The molecule has 0 radical (unpaired) electrons. The van der Waals surface area contributed by atoms with Crippen LogP contribution in [0.4, 0.5) is 23.2 Å². The van der Waals surface area contributed by atoms with Crippen LogP contribution in [-0.2, 0) is 11.2 Å². The summed E-state index contributed by atoms with van der Waals surface area (Å²) in [5.74, 6) is -0.541. The molecule has 3 rings (SSSR count). The molecule has 1 aliphatic heterocycles. The Bertz CT molecular complexity index is 807. The van der Waals surface area contributed by atoms with Crippen molar-refractivity contribution in [2.24, 2.45) is 0 Å². The first-order valence-corrected chi connectivity index (χ1v) is 9.43. The van der Waals surface area contributed by atoms with Crippen LogP contribution in [0, 0.1) is 5.82 Å². The van der Waals surface area contributed by atoms with Gasteiger partial charge in [0.25, 0.3) is 0 Å². The van der Waals surface area contributed by atoms with E-state index in [-0.39, 0.29) is 23.9 Å². The minimum absolute atomic E-state index is 0.0153. The summed E-state index contributed by atoms with van der Waals surface area (Å²) in [4.78, 5) is 16.5. The summed E-state index contributed by atoms with van der Waals surface area (Å²) >= 11 is 0. The Balaban J connectivity index is 1.49. The highest BCUT2D eigenvalue weighted by molar-refractivity contribution is 5.76. The molecule has 2 aromatic rings. The van der Waals surface area contributed by atoms with E-state index in [4.69, 9.17) is 0 Å². The fourth-order valence-electron chi connectivity index (χ4n) is 3.34. The number of halogens is 4. The van der Waals surface area contributed by atoms with Crippen molar-refractivity contribution < 1.29 is 27.1 Å². The van der Waals surface area contributed by atoms with Crippen LogP contribution >= 0.6 is 0 Å². The number of hydrogen-bond donors (Lipinski definition) is 0. The van der Waals surface area contributed by atoms with Gasteiger partial charge in [-0.3, -0.25) is 4.79 Å². The van der Waals surface area contributed by atoms with Gasteiger partial charge in [-0.1, -0.05) is 12.1 Å². The predicted molar refractivity (Wildman–Crippen MR) is 101 cm³/mol. The number of ether oxygens (including phenoxy) is 1. The van der Waals surface area contributed by atoms with E-state index in [1.165, 1.54) is 36.4 Å². The second-order valence-corrected chi connectivity index (χ2v) is 6.89. The smallest absolute Gasteiger partial charge is 0.406 e. The lowest BCUT2D eigenvalue weighted by atomic mass is 10.1. The van der Waals surface area contributed by atoms with Crippen molar-refractivity contribution in [3.05, 3.63) is 59.9 Å². The van der Waals surface area contributed by atoms with Crippen LogP contribution in [0.5, 0.6) is 5.75 Å². The first kappa shape index (κ1) is 21.0. The number of hydrogen-bond acceptors (Lipinski definition) is 3.